The second kappa shape index (κ2) is 5.19. The molecule has 18 heavy (non-hydrogen) atoms. The molecule has 3 nitrogen and oxygen atoms in total. The van der Waals surface area contributed by atoms with Crippen molar-refractivity contribution < 1.29 is 9.84 Å². The van der Waals surface area contributed by atoms with Gasteiger partial charge in [0.15, 0.2) is 0 Å². The Kier molecular flexibility index (Phi) is 3.63. The number of hydrogen-bond donors (Lipinski definition) is 1. The van der Waals surface area contributed by atoms with Gasteiger partial charge in [0, 0.05) is 35.8 Å². The van der Waals surface area contributed by atoms with Crippen molar-refractivity contribution in [3.05, 3.63) is 48.3 Å². The summed E-state index contributed by atoms with van der Waals surface area (Å²) in [6, 6.07) is 3.85. The normalized spacial score (nSPS) is 12.6. The van der Waals surface area contributed by atoms with Gasteiger partial charge in [0.05, 0.1) is 6.10 Å². The van der Waals surface area contributed by atoms with Crippen LogP contribution in [0.2, 0.25) is 0 Å². The molecule has 94 valence electrons. The number of rotatable bonds is 4. The average molecular weight is 243 g/mol. The van der Waals surface area contributed by atoms with Crippen LogP contribution in [0, 0.1) is 0 Å². The average Bonchev–Trinajstić information content (AvgIpc) is 2.39. The maximum Gasteiger partial charge on any atom is 0.129 e. The number of fused-ring (bicyclic) bond motifs is 1. The van der Waals surface area contributed by atoms with Gasteiger partial charge in [0.1, 0.15) is 5.75 Å². The zero-order chi connectivity index (χ0) is 13.1. The zero-order valence-electron chi connectivity index (χ0n) is 10.7. The van der Waals surface area contributed by atoms with Crippen LogP contribution in [0.1, 0.15) is 24.2 Å². The van der Waals surface area contributed by atoms with Gasteiger partial charge in [-0.2, -0.15) is 0 Å². The van der Waals surface area contributed by atoms with E-state index in [-0.39, 0.29) is 11.9 Å². The summed E-state index contributed by atoms with van der Waals surface area (Å²) in [6.45, 7) is 5.68. The molecule has 0 aliphatic carbocycles. The van der Waals surface area contributed by atoms with E-state index in [1.807, 2.05) is 25.1 Å². The molecule has 0 saturated heterocycles. The fraction of sp³-hybridized carbons (Fsp3) is 0.267. The van der Waals surface area contributed by atoms with Crippen molar-refractivity contribution in [2.75, 3.05) is 7.11 Å². The molecule has 1 unspecified atom stereocenters. The summed E-state index contributed by atoms with van der Waals surface area (Å²) in [5.74, 6) is 0.279. The van der Waals surface area contributed by atoms with Gasteiger partial charge < -0.3 is 9.84 Å². The van der Waals surface area contributed by atoms with E-state index in [4.69, 9.17) is 4.74 Å². The quantitative estimate of drug-likeness (QED) is 0.837. The Hall–Kier alpha value is -1.87. The second-order valence-electron chi connectivity index (χ2n) is 4.27. The van der Waals surface area contributed by atoms with Crippen molar-refractivity contribution in [3.63, 3.8) is 0 Å². The number of ether oxygens (including phenoxy) is 1. The first-order chi connectivity index (χ1) is 8.69. The maximum absolute atomic E-state index is 10.4. The van der Waals surface area contributed by atoms with Crippen LogP contribution >= 0.6 is 0 Å². The van der Waals surface area contributed by atoms with E-state index >= 15 is 0 Å². The molecule has 2 aromatic rings. The lowest BCUT2D eigenvalue weighted by atomic mass is 9.95. The van der Waals surface area contributed by atoms with E-state index in [2.05, 4.69) is 11.6 Å². The number of aromatic nitrogens is 1. The van der Waals surface area contributed by atoms with Crippen LogP contribution < -0.4 is 0 Å². The van der Waals surface area contributed by atoms with Gasteiger partial charge in [-0.05, 0) is 31.0 Å². The van der Waals surface area contributed by atoms with E-state index in [1.54, 1.807) is 19.5 Å². The summed E-state index contributed by atoms with van der Waals surface area (Å²) in [7, 11) is 1.64. The molecule has 1 aromatic carbocycles. The predicted octanol–water partition coefficient (Wildman–Crippen LogP) is 3.38. The highest BCUT2D eigenvalue weighted by Gasteiger charge is 2.17. The first kappa shape index (κ1) is 12.6. The lowest BCUT2D eigenvalue weighted by molar-refractivity contribution is 0.116. The molecule has 0 aliphatic rings. The molecule has 3 heteroatoms. The number of pyridine rings is 1. The fourth-order valence-corrected chi connectivity index (χ4v) is 2.20. The number of hydrogen-bond acceptors (Lipinski definition) is 3. The Bertz CT molecular complexity index is 578. The number of phenolic OH excluding ortho intramolecular Hbond substituents is 1. The number of nitrogens with zero attached hydrogens (tertiary/aromatic N) is 1. The van der Waals surface area contributed by atoms with E-state index < -0.39 is 0 Å². The topological polar surface area (TPSA) is 42.4 Å². The smallest absolute Gasteiger partial charge is 0.129 e. The lowest BCUT2D eigenvalue weighted by Crippen LogP contribution is -2.02. The highest BCUT2D eigenvalue weighted by atomic mass is 16.5. The number of benzene rings is 1. The first-order valence-corrected chi connectivity index (χ1v) is 5.91. The zero-order valence-corrected chi connectivity index (χ0v) is 10.7. The minimum atomic E-state index is -0.155. The van der Waals surface area contributed by atoms with Crippen LogP contribution in [0.15, 0.2) is 37.2 Å². The van der Waals surface area contributed by atoms with Crippen molar-refractivity contribution in [3.8, 4) is 5.75 Å². The van der Waals surface area contributed by atoms with Gasteiger partial charge in [0.25, 0.3) is 0 Å². The monoisotopic (exact) mass is 243 g/mol. The van der Waals surface area contributed by atoms with Gasteiger partial charge in [0.2, 0.25) is 0 Å². The molecule has 0 saturated carbocycles. The third kappa shape index (κ3) is 2.09. The van der Waals surface area contributed by atoms with Gasteiger partial charge in [-0.25, -0.2) is 0 Å². The molecule has 1 N–H and O–H groups in total. The molecular weight excluding hydrogens is 226 g/mol. The summed E-state index contributed by atoms with van der Waals surface area (Å²) in [5.41, 5.74) is 1.86. The van der Waals surface area contributed by atoms with Gasteiger partial charge in [-0.15, -0.1) is 6.58 Å². The maximum atomic E-state index is 10.4. The van der Waals surface area contributed by atoms with Gasteiger partial charge in [-0.3, -0.25) is 4.98 Å². The van der Waals surface area contributed by atoms with Crippen molar-refractivity contribution in [1.82, 2.24) is 4.98 Å². The Morgan fingerprint density at radius 3 is 3.00 bits per heavy atom. The summed E-state index contributed by atoms with van der Waals surface area (Å²) < 4.78 is 5.34. The molecule has 0 fully saturated rings. The molecule has 1 heterocycles. The van der Waals surface area contributed by atoms with E-state index in [9.17, 15) is 5.11 Å². The molecule has 0 amide bonds. The first-order valence-electron chi connectivity index (χ1n) is 5.91. The summed E-state index contributed by atoms with van der Waals surface area (Å²) in [6.07, 6.45) is 5.79. The summed E-state index contributed by atoms with van der Waals surface area (Å²) in [5, 5.41) is 12.1. The Morgan fingerprint density at radius 2 is 2.33 bits per heavy atom. The fourth-order valence-electron chi connectivity index (χ4n) is 2.20. The van der Waals surface area contributed by atoms with Crippen molar-refractivity contribution >= 4 is 10.8 Å². The third-order valence-corrected chi connectivity index (χ3v) is 3.16. The SMILES string of the molecule is C=CCc1cc2cnccc2c(O)c1C(C)OC. The Balaban J connectivity index is 2.74. The molecular formula is C15H17NO2. The van der Waals surface area contributed by atoms with Crippen LogP contribution in [0.25, 0.3) is 10.8 Å². The highest BCUT2D eigenvalue weighted by Crippen LogP contribution is 2.36. The van der Waals surface area contributed by atoms with Crippen LogP contribution in [0.3, 0.4) is 0 Å². The van der Waals surface area contributed by atoms with Crippen molar-refractivity contribution in [1.29, 1.82) is 0 Å². The van der Waals surface area contributed by atoms with Gasteiger partial charge >= 0.3 is 0 Å². The van der Waals surface area contributed by atoms with E-state index in [0.29, 0.717) is 6.42 Å². The van der Waals surface area contributed by atoms with Gasteiger partial charge in [-0.1, -0.05) is 6.08 Å². The van der Waals surface area contributed by atoms with Crippen LogP contribution in [-0.2, 0) is 11.2 Å². The lowest BCUT2D eigenvalue weighted by Gasteiger charge is -2.18. The molecule has 0 spiro atoms. The summed E-state index contributed by atoms with van der Waals surface area (Å²) in [4.78, 5) is 4.08. The Labute approximate surface area is 107 Å². The van der Waals surface area contributed by atoms with Crippen LogP contribution in [0.4, 0.5) is 0 Å². The number of allylic oxidation sites excluding steroid dienone is 1. The predicted molar refractivity (Wildman–Crippen MR) is 72.7 cm³/mol. The standard InChI is InChI=1S/C15H17NO2/c1-4-5-11-8-12-9-16-7-6-13(12)15(17)14(11)10(2)18-3/h4,6-10,17H,1,5H2,2-3H3. The van der Waals surface area contributed by atoms with E-state index in [0.717, 1.165) is 21.9 Å². The molecule has 0 radical (unpaired) electrons. The largest absolute Gasteiger partial charge is 0.507 e. The molecule has 2 rings (SSSR count). The highest BCUT2D eigenvalue weighted by molar-refractivity contribution is 5.89. The number of phenols is 1. The third-order valence-electron chi connectivity index (χ3n) is 3.16. The minimum Gasteiger partial charge on any atom is -0.507 e. The number of aromatic hydroxyl groups is 1. The molecule has 1 atom stereocenters. The molecule has 0 bridgehead atoms. The Morgan fingerprint density at radius 1 is 1.56 bits per heavy atom. The molecule has 0 aliphatic heterocycles. The number of methoxy groups -OCH3 is 1. The minimum absolute atomic E-state index is 0.155. The van der Waals surface area contributed by atoms with E-state index in [1.165, 1.54) is 0 Å². The van der Waals surface area contributed by atoms with Crippen molar-refractivity contribution in [2.45, 2.75) is 19.4 Å². The summed E-state index contributed by atoms with van der Waals surface area (Å²) >= 11 is 0. The van der Waals surface area contributed by atoms with Crippen LogP contribution in [-0.4, -0.2) is 17.2 Å². The van der Waals surface area contributed by atoms with Crippen LogP contribution in [0.5, 0.6) is 5.75 Å². The molecule has 1 aromatic heterocycles. The van der Waals surface area contributed by atoms with Crippen molar-refractivity contribution in [2.24, 2.45) is 0 Å². The second-order valence-corrected chi connectivity index (χ2v) is 4.27.